The van der Waals surface area contributed by atoms with E-state index in [1.807, 2.05) is 37.5 Å². The van der Waals surface area contributed by atoms with Crippen molar-refractivity contribution < 1.29 is 37.1 Å². The van der Waals surface area contributed by atoms with E-state index in [0.717, 1.165) is 65.8 Å². The van der Waals surface area contributed by atoms with Gasteiger partial charge in [-0.15, -0.1) is 0 Å². The number of carbonyl (C=O) groups is 1. The van der Waals surface area contributed by atoms with Crippen LogP contribution in [0.2, 0.25) is 0 Å². The van der Waals surface area contributed by atoms with E-state index in [4.69, 9.17) is 23.9 Å². The minimum Gasteiger partial charge on any atom is -0.495 e. The third kappa shape index (κ3) is 6.84. The van der Waals surface area contributed by atoms with Gasteiger partial charge in [-0.25, -0.2) is 9.78 Å². The Morgan fingerprint density at radius 2 is 1.90 bits per heavy atom. The topological polar surface area (TPSA) is 128 Å². The van der Waals surface area contributed by atoms with Crippen LogP contribution < -0.4 is 15.0 Å². The molecule has 0 amide bonds. The number of benzene rings is 1. The number of aryl methyl sites for hydroxylation is 1. The maximum atomic E-state index is 10.6. The first-order chi connectivity index (χ1) is 18.7. The molecule has 0 spiro atoms. The Hall–Kier alpha value is -4.59. The van der Waals surface area contributed by atoms with Gasteiger partial charge in [0.2, 0.25) is 0 Å². The Balaban J connectivity index is 0.000000448. The minimum absolute atomic E-state index is 0.698. The maximum Gasteiger partial charge on any atom is 0.490 e. The predicted molar refractivity (Wildman–Crippen MR) is 135 cm³/mol. The number of aliphatic carboxylic acids is 1. The second-order valence-electron chi connectivity index (χ2n) is 8.32. The van der Waals surface area contributed by atoms with Gasteiger partial charge in [-0.1, -0.05) is 5.16 Å². The zero-order valence-corrected chi connectivity index (χ0v) is 21.0. The second-order valence-corrected chi connectivity index (χ2v) is 8.32. The Labute approximate surface area is 220 Å². The van der Waals surface area contributed by atoms with E-state index in [1.54, 1.807) is 30.4 Å². The van der Waals surface area contributed by atoms with Crippen LogP contribution in [-0.2, 0) is 16.6 Å². The summed E-state index contributed by atoms with van der Waals surface area (Å²) in [6.45, 7) is 3.15. The maximum absolute atomic E-state index is 10.6. The molecular formula is C25H25F3N6O5. The monoisotopic (exact) mass is 546 g/mol. The van der Waals surface area contributed by atoms with Crippen LogP contribution in [-0.4, -0.2) is 70.6 Å². The molecule has 0 radical (unpaired) electrons. The number of nitrogens with one attached hydrogen (secondary N) is 1. The summed E-state index contributed by atoms with van der Waals surface area (Å²) in [6, 6.07) is 9.93. The van der Waals surface area contributed by atoms with Crippen molar-refractivity contribution in [1.29, 1.82) is 0 Å². The van der Waals surface area contributed by atoms with Crippen molar-refractivity contribution in [2.75, 3.05) is 43.6 Å². The summed E-state index contributed by atoms with van der Waals surface area (Å²) < 4.78 is 49.9. The van der Waals surface area contributed by atoms with E-state index < -0.39 is 12.1 Å². The van der Waals surface area contributed by atoms with Gasteiger partial charge in [0.25, 0.3) is 0 Å². The Kier molecular flexibility index (Phi) is 8.34. The number of alkyl halides is 3. The molecule has 11 nitrogen and oxygen atoms in total. The Bertz CT molecular complexity index is 1420. The van der Waals surface area contributed by atoms with Crippen molar-refractivity contribution in [3.63, 3.8) is 0 Å². The van der Waals surface area contributed by atoms with Crippen molar-refractivity contribution >= 4 is 23.2 Å². The van der Waals surface area contributed by atoms with E-state index in [9.17, 15) is 13.2 Å². The fourth-order valence-corrected chi connectivity index (χ4v) is 3.82. The first-order valence-electron chi connectivity index (χ1n) is 11.6. The number of methoxy groups -OCH3 is 1. The van der Waals surface area contributed by atoms with Gasteiger partial charge < -0.3 is 29.3 Å². The van der Waals surface area contributed by atoms with Gasteiger partial charge in [-0.2, -0.15) is 18.3 Å². The molecule has 1 aromatic carbocycles. The molecule has 5 rings (SSSR count). The lowest BCUT2D eigenvalue weighted by atomic mass is 10.1. The van der Waals surface area contributed by atoms with Gasteiger partial charge in [0.1, 0.15) is 23.5 Å². The molecule has 1 aliphatic rings. The number of aromatic nitrogens is 4. The molecule has 14 heteroatoms. The smallest absolute Gasteiger partial charge is 0.490 e. The molecule has 1 aliphatic heterocycles. The Morgan fingerprint density at radius 3 is 2.54 bits per heavy atom. The van der Waals surface area contributed by atoms with Crippen molar-refractivity contribution in [3.8, 4) is 28.1 Å². The fraction of sp³-hybridized carbons (Fsp3) is 0.280. The van der Waals surface area contributed by atoms with Crippen LogP contribution in [0.25, 0.3) is 22.4 Å². The van der Waals surface area contributed by atoms with E-state index >= 15 is 0 Å². The molecular weight excluding hydrogens is 521 g/mol. The number of nitrogens with zero attached hydrogens (tertiary/aromatic N) is 5. The quantitative estimate of drug-likeness (QED) is 0.360. The zero-order valence-electron chi connectivity index (χ0n) is 21.0. The third-order valence-electron chi connectivity index (χ3n) is 5.67. The highest BCUT2D eigenvalue weighted by molar-refractivity contribution is 5.80. The number of morpholine rings is 1. The van der Waals surface area contributed by atoms with E-state index in [2.05, 4.69) is 31.5 Å². The van der Waals surface area contributed by atoms with Crippen LogP contribution in [0.3, 0.4) is 0 Å². The molecule has 1 saturated heterocycles. The highest BCUT2D eigenvalue weighted by Gasteiger charge is 2.38. The van der Waals surface area contributed by atoms with Gasteiger partial charge >= 0.3 is 12.1 Å². The van der Waals surface area contributed by atoms with E-state index in [1.165, 1.54) is 0 Å². The highest BCUT2D eigenvalue weighted by atomic mass is 19.4. The van der Waals surface area contributed by atoms with Gasteiger partial charge in [0.15, 0.2) is 0 Å². The second kappa shape index (κ2) is 11.9. The largest absolute Gasteiger partial charge is 0.495 e. The van der Waals surface area contributed by atoms with Crippen molar-refractivity contribution in [1.82, 2.24) is 19.9 Å². The number of hydrogen-bond acceptors (Lipinski definition) is 9. The fourth-order valence-electron chi connectivity index (χ4n) is 3.82. The van der Waals surface area contributed by atoms with E-state index in [-0.39, 0.29) is 0 Å². The molecule has 0 bridgehead atoms. The summed E-state index contributed by atoms with van der Waals surface area (Å²) in [5, 5.41) is 18.9. The summed E-state index contributed by atoms with van der Waals surface area (Å²) in [6.07, 6.45) is 2.02. The normalized spacial score (nSPS) is 13.4. The molecule has 4 aromatic rings. The molecule has 1 fully saturated rings. The van der Waals surface area contributed by atoms with Crippen LogP contribution in [0.5, 0.6) is 5.75 Å². The number of pyridine rings is 1. The molecule has 39 heavy (non-hydrogen) atoms. The van der Waals surface area contributed by atoms with Crippen molar-refractivity contribution in [2.45, 2.75) is 6.18 Å². The summed E-state index contributed by atoms with van der Waals surface area (Å²) >= 11 is 0. The number of hydrogen-bond donors (Lipinski definition) is 2. The van der Waals surface area contributed by atoms with Crippen LogP contribution in [0, 0.1) is 0 Å². The number of anilines is 3. The molecule has 0 aliphatic carbocycles. The standard InChI is InChI=1S/C23H24N6O3.C2HF3O2/c1-28-14-17(13-25-28)19-15-32-27-23(19)16-5-6-24-22(11-16)26-18-3-4-20(21(12-18)30-2)29-7-9-31-10-8-29;3-2(4,5)1(6)7/h3-6,11-15H,7-10H2,1-2H3,(H,24,26);(H,6,7). The van der Waals surface area contributed by atoms with Gasteiger partial charge in [0, 0.05) is 55.4 Å². The molecule has 0 atom stereocenters. The van der Waals surface area contributed by atoms with E-state index in [0.29, 0.717) is 5.82 Å². The van der Waals surface area contributed by atoms with Crippen LogP contribution in [0.1, 0.15) is 0 Å². The molecule has 206 valence electrons. The average molecular weight is 547 g/mol. The van der Waals surface area contributed by atoms with Crippen molar-refractivity contribution in [3.05, 3.63) is 55.2 Å². The van der Waals surface area contributed by atoms with Crippen LogP contribution in [0.4, 0.5) is 30.4 Å². The predicted octanol–water partition coefficient (Wildman–Crippen LogP) is 4.36. The van der Waals surface area contributed by atoms with Crippen LogP contribution in [0.15, 0.2) is 59.7 Å². The number of rotatable bonds is 6. The number of carboxylic acid groups (broad SMARTS) is 1. The number of carboxylic acids is 1. The molecule has 4 heterocycles. The summed E-state index contributed by atoms with van der Waals surface area (Å²) in [7, 11) is 3.57. The first kappa shape index (κ1) is 27.4. The van der Waals surface area contributed by atoms with Gasteiger partial charge in [0.05, 0.1) is 37.8 Å². The number of ether oxygens (including phenoxy) is 2. The summed E-state index contributed by atoms with van der Waals surface area (Å²) in [5.41, 5.74) is 5.41. The zero-order chi connectivity index (χ0) is 28.0. The van der Waals surface area contributed by atoms with Crippen molar-refractivity contribution in [2.24, 2.45) is 7.05 Å². The molecule has 2 N–H and O–H groups in total. The molecule has 3 aromatic heterocycles. The summed E-state index contributed by atoms with van der Waals surface area (Å²) in [4.78, 5) is 15.6. The van der Waals surface area contributed by atoms with Gasteiger partial charge in [-0.3, -0.25) is 4.68 Å². The lowest BCUT2D eigenvalue weighted by Gasteiger charge is -2.30. The highest BCUT2D eigenvalue weighted by Crippen LogP contribution is 2.34. The third-order valence-corrected chi connectivity index (χ3v) is 5.67. The van der Waals surface area contributed by atoms with Gasteiger partial charge in [-0.05, 0) is 24.3 Å². The summed E-state index contributed by atoms with van der Waals surface area (Å²) in [5.74, 6) is -1.25. The average Bonchev–Trinajstić information content (AvgIpc) is 3.58. The number of halogens is 3. The lowest BCUT2D eigenvalue weighted by Crippen LogP contribution is -2.36. The molecule has 0 saturated carbocycles. The van der Waals surface area contributed by atoms with Crippen LogP contribution >= 0.6 is 0 Å². The lowest BCUT2D eigenvalue weighted by molar-refractivity contribution is -0.192. The Morgan fingerprint density at radius 1 is 1.15 bits per heavy atom. The molecule has 0 unspecified atom stereocenters. The SMILES string of the molecule is COc1cc(Nc2cc(-c3nocc3-c3cnn(C)c3)ccn2)ccc1N1CCOCC1.O=C(O)C(F)(F)F. The minimum atomic E-state index is -5.08. The first-order valence-corrected chi connectivity index (χ1v) is 11.6.